The third kappa shape index (κ3) is 3.76. The Bertz CT molecular complexity index is 686. The Morgan fingerprint density at radius 2 is 1.95 bits per heavy atom. The lowest BCUT2D eigenvalue weighted by Gasteiger charge is -2.06. The van der Waals surface area contributed by atoms with Crippen LogP contribution in [0.25, 0.3) is 0 Å². The second-order valence-corrected chi connectivity index (χ2v) is 4.69. The molecule has 1 aromatic heterocycles. The molecular weight excluding hydrogens is 296 g/mol. The van der Waals surface area contributed by atoms with Crippen molar-refractivity contribution < 1.29 is 14.5 Å². The van der Waals surface area contributed by atoms with Gasteiger partial charge in [-0.15, -0.1) is 0 Å². The van der Waals surface area contributed by atoms with Crippen LogP contribution in [-0.2, 0) is 0 Å². The summed E-state index contributed by atoms with van der Waals surface area (Å²) in [6.07, 6.45) is 0. The molecule has 0 atom stereocenters. The second kappa shape index (κ2) is 6.32. The van der Waals surface area contributed by atoms with Gasteiger partial charge in [-0.05, 0) is 46.3 Å². The van der Waals surface area contributed by atoms with E-state index in [1.54, 1.807) is 37.3 Å². The van der Waals surface area contributed by atoms with E-state index >= 15 is 0 Å². The van der Waals surface area contributed by atoms with Gasteiger partial charge in [-0.3, -0.25) is 4.79 Å². The van der Waals surface area contributed by atoms with E-state index in [1.807, 2.05) is 0 Å². The Balaban J connectivity index is 2.11. The number of carbonyl (C=O) groups excluding carboxylic acids is 1. The molecule has 2 rings (SSSR count). The van der Waals surface area contributed by atoms with Crippen LogP contribution in [0.5, 0.6) is 5.75 Å². The molecule has 0 N–H and O–H groups in total. The van der Waals surface area contributed by atoms with Crippen molar-refractivity contribution in [3.8, 4) is 5.75 Å². The minimum atomic E-state index is -0.644. The van der Waals surface area contributed by atoms with Gasteiger partial charge in [-0.1, -0.05) is 11.6 Å². The zero-order chi connectivity index (χ0) is 15.4. The molecule has 108 valence electrons. The normalized spacial score (nSPS) is 10.2. The predicted octanol–water partition coefficient (Wildman–Crippen LogP) is 3.21. The number of nitro groups is 1. The van der Waals surface area contributed by atoms with E-state index in [0.717, 1.165) is 0 Å². The van der Waals surface area contributed by atoms with Gasteiger partial charge in [0.15, 0.2) is 12.4 Å². The van der Waals surface area contributed by atoms with E-state index < -0.39 is 10.7 Å². The van der Waals surface area contributed by atoms with Crippen molar-refractivity contribution in [2.75, 3.05) is 6.61 Å². The van der Waals surface area contributed by atoms with Crippen LogP contribution in [0.1, 0.15) is 16.1 Å². The standard InChI is InChI=1S/C14H11ClN2O4/c1-9-2-7-13(14(16-9)17(19)20)21-8-12(18)10-3-5-11(15)6-4-10/h2-7H,8H2,1H3. The molecular formula is C14H11ClN2O4. The van der Waals surface area contributed by atoms with Crippen LogP contribution in [0.3, 0.4) is 0 Å². The molecule has 0 aliphatic rings. The average Bonchev–Trinajstić information content (AvgIpc) is 2.46. The van der Waals surface area contributed by atoms with Crippen LogP contribution >= 0.6 is 11.6 Å². The number of Topliss-reactive ketones (excluding diaryl/α,β-unsaturated/α-hetero) is 1. The lowest BCUT2D eigenvalue weighted by Crippen LogP contribution is -2.12. The molecule has 1 heterocycles. The molecule has 0 unspecified atom stereocenters. The van der Waals surface area contributed by atoms with Gasteiger partial charge in [-0.25, -0.2) is 0 Å². The smallest absolute Gasteiger partial charge is 0.406 e. The highest BCUT2D eigenvalue weighted by Crippen LogP contribution is 2.24. The third-order valence-corrected chi connectivity index (χ3v) is 2.93. The number of rotatable bonds is 5. The first-order valence-electron chi connectivity index (χ1n) is 6.01. The van der Waals surface area contributed by atoms with E-state index in [1.165, 1.54) is 6.07 Å². The number of pyridine rings is 1. The van der Waals surface area contributed by atoms with Gasteiger partial charge >= 0.3 is 5.82 Å². The van der Waals surface area contributed by atoms with Crippen LogP contribution in [0.15, 0.2) is 36.4 Å². The Morgan fingerprint density at radius 1 is 1.29 bits per heavy atom. The summed E-state index contributed by atoms with van der Waals surface area (Å²) in [5, 5.41) is 11.4. The van der Waals surface area contributed by atoms with Crippen molar-refractivity contribution in [3.63, 3.8) is 0 Å². The maximum atomic E-state index is 11.9. The Hall–Kier alpha value is -2.47. The molecule has 0 bridgehead atoms. The summed E-state index contributed by atoms with van der Waals surface area (Å²) in [5.74, 6) is -0.742. The zero-order valence-corrected chi connectivity index (χ0v) is 11.8. The number of halogens is 1. The predicted molar refractivity (Wildman–Crippen MR) is 76.9 cm³/mol. The first kappa shape index (κ1) is 14.9. The number of hydrogen-bond donors (Lipinski definition) is 0. The summed E-state index contributed by atoms with van der Waals surface area (Å²) >= 11 is 5.73. The van der Waals surface area contributed by atoms with E-state index in [-0.39, 0.29) is 18.1 Å². The number of aryl methyl sites for hydroxylation is 1. The molecule has 21 heavy (non-hydrogen) atoms. The van der Waals surface area contributed by atoms with E-state index in [9.17, 15) is 14.9 Å². The fourth-order valence-corrected chi connectivity index (χ4v) is 1.76. The lowest BCUT2D eigenvalue weighted by molar-refractivity contribution is -0.390. The minimum Gasteiger partial charge on any atom is -0.477 e. The quantitative estimate of drug-likeness (QED) is 0.481. The number of hydrogen-bond acceptors (Lipinski definition) is 5. The number of ketones is 1. The number of carbonyl (C=O) groups is 1. The van der Waals surface area contributed by atoms with E-state index in [2.05, 4.69) is 4.98 Å². The molecule has 0 fully saturated rings. The average molecular weight is 307 g/mol. The van der Waals surface area contributed by atoms with Crippen molar-refractivity contribution in [2.45, 2.75) is 6.92 Å². The molecule has 0 saturated heterocycles. The summed E-state index contributed by atoms with van der Waals surface area (Å²) in [5.41, 5.74) is 0.917. The number of ether oxygens (including phenoxy) is 1. The van der Waals surface area contributed by atoms with Gasteiger partial charge < -0.3 is 14.9 Å². The Labute approximate surface area is 125 Å². The molecule has 0 amide bonds. The van der Waals surface area contributed by atoms with Crippen LogP contribution in [0.2, 0.25) is 5.02 Å². The molecule has 0 aliphatic carbocycles. The number of benzene rings is 1. The van der Waals surface area contributed by atoms with Gasteiger partial charge in [0.1, 0.15) is 5.69 Å². The van der Waals surface area contributed by atoms with Crippen molar-refractivity contribution in [3.05, 3.63) is 62.8 Å². The lowest BCUT2D eigenvalue weighted by atomic mass is 10.1. The highest BCUT2D eigenvalue weighted by molar-refractivity contribution is 6.30. The Morgan fingerprint density at radius 3 is 2.57 bits per heavy atom. The van der Waals surface area contributed by atoms with Crippen LogP contribution < -0.4 is 4.74 Å². The Kier molecular flexibility index (Phi) is 4.49. The highest BCUT2D eigenvalue weighted by Gasteiger charge is 2.18. The van der Waals surface area contributed by atoms with Gasteiger partial charge in [0.05, 0.1) is 0 Å². The largest absolute Gasteiger partial charge is 0.477 e. The van der Waals surface area contributed by atoms with E-state index in [4.69, 9.17) is 16.3 Å². The maximum Gasteiger partial charge on any atom is 0.406 e. The maximum absolute atomic E-state index is 11.9. The van der Waals surface area contributed by atoms with Crippen molar-refractivity contribution in [1.82, 2.24) is 4.98 Å². The number of nitrogens with zero attached hydrogens (tertiary/aromatic N) is 2. The van der Waals surface area contributed by atoms with Crippen molar-refractivity contribution in [2.24, 2.45) is 0 Å². The molecule has 7 heteroatoms. The SMILES string of the molecule is Cc1ccc(OCC(=O)c2ccc(Cl)cc2)c([N+](=O)[O-])n1. The van der Waals surface area contributed by atoms with Gasteiger partial charge in [0, 0.05) is 17.5 Å². The monoisotopic (exact) mass is 306 g/mol. The molecule has 6 nitrogen and oxygen atoms in total. The first-order chi connectivity index (χ1) is 9.97. The minimum absolute atomic E-state index is 0.0343. The molecule has 0 radical (unpaired) electrons. The zero-order valence-electron chi connectivity index (χ0n) is 11.1. The van der Waals surface area contributed by atoms with Crippen molar-refractivity contribution >= 4 is 23.2 Å². The van der Waals surface area contributed by atoms with Gasteiger partial charge in [-0.2, -0.15) is 0 Å². The summed E-state index contributed by atoms with van der Waals surface area (Å²) < 4.78 is 5.21. The molecule has 0 spiro atoms. The number of aromatic nitrogens is 1. The van der Waals surface area contributed by atoms with E-state index in [0.29, 0.717) is 16.3 Å². The summed E-state index contributed by atoms with van der Waals surface area (Å²) in [6.45, 7) is 1.32. The van der Waals surface area contributed by atoms with Crippen LogP contribution in [0, 0.1) is 17.0 Å². The highest BCUT2D eigenvalue weighted by atomic mass is 35.5. The third-order valence-electron chi connectivity index (χ3n) is 2.68. The second-order valence-electron chi connectivity index (χ2n) is 4.25. The summed E-state index contributed by atoms with van der Waals surface area (Å²) in [6, 6.07) is 9.31. The topological polar surface area (TPSA) is 82.3 Å². The fraction of sp³-hybridized carbons (Fsp3) is 0.143. The van der Waals surface area contributed by atoms with Crippen LogP contribution in [-0.4, -0.2) is 22.3 Å². The summed E-state index contributed by atoms with van der Waals surface area (Å²) in [7, 11) is 0. The molecule has 0 aliphatic heterocycles. The fourth-order valence-electron chi connectivity index (χ4n) is 1.64. The van der Waals surface area contributed by atoms with Gasteiger partial charge in [0.25, 0.3) is 0 Å². The summed E-state index contributed by atoms with van der Waals surface area (Å²) in [4.78, 5) is 25.9. The molecule has 2 aromatic rings. The molecule has 0 saturated carbocycles. The van der Waals surface area contributed by atoms with Gasteiger partial charge in [0.2, 0.25) is 5.75 Å². The molecule has 1 aromatic carbocycles. The first-order valence-corrected chi connectivity index (χ1v) is 6.39. The van der Waals surface area contributed by atoms with Crippen LogP contribution in [0.4, 0.5) is 5.82 Å². The van der Waals surface area contributed by atoms with Crippen molar-refractivity contribution in [1.29, 1.82) is 0 Å².